The minimum atomic E-state index is -1.70. The first-order chi connectivity index (χ1) is 18.8. The highest BCUT2D eigenvalue weighted by Gasteiger charge is 2.31. The third kappa shape index (κ3) is 6.53. The van der Waals surface area contributed by atoms with Crippen molar-refractivity contribution in [2.75, 3.05) is 44.3 Å². The number of carbonyl (C=O) groups is 1. The summed E-state index contributed by atoms with van der Waals surface area (Å²) in [4.78, 5) is 24.3. The molecule has 0 amide bonds. The molecule has 1 aliphatic carbocycles. The van der Waals surface area contributed by atoms with E-state index in [0.717, 1.165) is 43.3 Å². The molecule has 2 atom stereocenters. The van der Waals surface area contributed by atoms with E-state index in [-0.39, 0.29) is 29.3 Å². The highest BCUT2D eigenvalue weighted by atomic mass is 32.2. The van der Waals surface area contributed by atoms with Crippen LogP contribution in [0.5, 0.6) is 5.88 Å². The van der Waals surface area contributed by atoms with Crippen LogP contribution in [0.3, 0.4) is 0 Å². The summed E-state index contributed by atoms with van der Waals surface area (Å²) in [7, 11) is 0.758. The Morgan fingerprint density at radius 3 is 2.62 bits per heavy atom. The monoisotopic (exact) mass is 578 g/mol. The van der Waals surface area contributed by atoms with Crippen molar-refractivity contribution in [3.8, 4) is 5.88 Å². The number of anilines is 2. The van der Waals surface area contributed by atoms with Crippen LogP contribution in [0, 0.1) is 0 Å². The number of ketones is 1. The van der Waals surface area contributed by atoms with Crippen LogP contribution in [0.25, 0.3) is 0 Å². The zero-order chi connectivity index (χ0) is 27.5. The summed E-state index contributed by atoms with van der Waals surface area (Å²) in [6.07, 6.45) is 5.79. The third-order valence-electron chi connectivity index (χ3n) is 7.16. The first-order valence-electron chi connectivity index (χ1n) is 13.0. The second kappa shape index (κ2) is 12.2. The highest BCUT2D eigenvalue weighted by Crippen LogP contribution is 2.33. The fourth-order valence-electron chi connectivity index (χ4n) is 4.88. The van der Waals surface area contributed by atoms with E-state index in [1.54, 1.807) is 18.3 Å². The zero-order valence-corrected chi connectivity index (χ0v) is 23.3. The molecule has 39 heavy (non-hydrogen) atoms. The van der Waals surface area contributed by atoms with Gasteiger partial charge in [-0.1, -0.05) is 17.4 Å². The lowest BCUT2D eigenvalue weighted by molar-refractivity contribution is 0.101. The molecule has 9 nitrogen and oxygen atoms in total. The number of nitrogens with zero attached hydrogens (tertiary/aromatic N) is 4. The van der Waals surface area contributed by atoms with E-state index in [0.29, 0.717) is 41.8 Å². The maximum absolute atomic E-state index is 14.2. The first kappa shape index (κ1) is 27.8. The number of nitrogens with one attached hydrogen (secondary N) is 1. The van der Waals surface area contributed by atoms with Crippen molar-refractivity contribution >= 4 is 39.1 Å². The molecule has 2 aliphatic heterocycles. The molecular formula is C26H32F2N6O3S2. The van der Waals surface area contributed by atoms with Crippen LogP contribution in [0.1, 0.15) is 41.8 Å². The van der Waals surface area contributed by atoms with Gasteiger partial charge in [-0.15, -0.1) is 0 Å². The summed E-state index contributed by atoms with van der Waals surface area (Å²) in [6, 6.07) is 3.61. The number of Topliss-reactive ketones (excluding diaryl/α,β-unsaturated/α-hetero) is 1. The molecule has 2 saturated heterocycles. The number of aromatic nitrogens is 2. The van der Waals surface area contributed by atoms with Gasteiger partial charge in [0.2, 0.25) is 11.7 Å². The molecule has 13 heteroatoms. The van der Waals surface area contributed by atoms with Gasteiger partial charge in [-0.05, 0) is 44.9 Å². The molecule has 2 unspecified atom stereocenters. The Morgan fingerprint density at radius 1 is 1.21 bits per heavy atom. The fraction of sp³-hybridized carbons (Fsp3) is 0.500. The average Bonchev–Trinajstić information content (AvgIpc) is 3.30. The minimum absolute atomic E-state index is 0.0230. The number of nitrogens with two attached hydrogens (primary N) is 1. The molecule has 2 aromatic heterocycles. The van der Waals surface area contributed by atoms with Crippen molar-refractivity contribution in [3.63, 3.8) is 0 Å². The van der Waals surface area contributed by atoms with Crippen molar-refractivity contribution < 1.29 is 22.5 Å². The van der Waals surface area contributed by atoms with E-state index in [4.69, 9.17) is 10.5 Å². The van der Waals surface area contributed by atoms with Gasteiger partial charge in [0.15, 0.2) is 5.13 Å². The number of likely N-dealkylation sites (tertiary alicyclic amines) is 1. The lowest BCUT2D eigenvalue weighted by atomic mass is 9.97. The number of hydrogen-bond acceptors (Lipinski definition) is 9. The largest absolute Gasteiger partial charge is 0.474 e. The Labute approximate surface area is 232 Å². The number of nitrogen functional groups attached to an aromatic ring is 1. The molecule has 0 radical (unpaired) electrons. The van der Waals surface area contributed by atoms with Crippen molar-refractivity contribution in [2.45, 2.75) is 55.3 Å². The van der Waals surface area contributed by atoms with E-state index in [2.05, 4.69) is 27.2 Å². The number of ether oxygens (including phenoxy) is 1. The van der Waals surface area contributed by atoms with Gasteiger partial charge in [-0.2, -0.15) is 0 Å². The topological polar surface area (TPSA) is 114 Å². The number of alkyl halides is 1. The Hall–Kier alpha value is -2.74. The fourth-order valence-corrected chi connectivity index (χ4v) is 6.96. The van der Waals surface area contributed by atoms with Crippen LogP contribution in [-0.4, -0.2) is 80.7 Å². The first-order valence-corrected chi connectivity index (χ1v) is 15.0. The van der Waals surface area contributed by atoms with Crippen molar-refractivity contribution in [2.24, 2.45) is 0 Å². The van der Waals surface area contributed by atoms with Crippen LogP contribution in [0.4, 0.5) is 19.7 Å². The van der Waals surface area contributed by atoms with E-state index < -0.39 is 34.3 Å². The van der Waals surface area contributed by atoms with E-state index in [9.17, 15) is 17.8 Å². The summed E-state index contributed by atoms with van der Waals surface area (Å²) in [5.74, 6) is -1.15. The number of carbonyl (C=O) groups excluding carboxylic acids is 1. The highest BCUT2D eigenvalue weighted by molar-refractivity contribution is 7.82. The lowest BCUT2D eigenvalue weighted by Crippen LogP contribution is -2.40. The quantitative estimate of drug-likeness (QED) is 0.454. The molecule has 0 bridgehead atoms. The molecule has 3 N–H and O–H groups in total. The standard InChI is InChI=1S/C26H32F2N6O3S2/c1-33-11-9-17(10-12-33)37-21-6-5-18(15-30-21)39(36)34-13-7-16(8-14-34)31-26-32-25(29)24(38-26)23(35)22-19(27)3-2-4-20(22)28/h2-3,5-6,15-17,20H,4,7-14,29H2,1H3,(H,31,32). The molecule has 210 valence electrons. The summed E-state index contributed by atoms with van der Waals surface area (Å²) in [6.45, 7) is 3.17. The smallest absolute Gasteiger partial charge is 0.213 e. The summed E-state index contributed by atoms with van der Waals surface area (Å²) >= 11 is 0.992. The molecular weight excluding hydrogens is 546 g/mol. The van der Waals surface area contributed by atoms with Gasteiger partial charge in [0.25, 0.3) is 0 Å². The number of piperidine rings is 2. The van der Waals surface area contributed by atoms with E-state index in [1.165, 1.54) is 6.08 Å². The number of thiazole rings is 1. The number of halogens is 2. The number of allylic oxidation sites excluding steroid dienone is 4. The Bertz CT molecular complexity index is 1270. The molecule has 2 fully saturated rings. The van der Waals surface area contributed by atoms with Crippen molar-refractivity contribution in [3.05, 3.63) is 46.8 Å². The van der Waals surface area contributed by atoms with Gasteiger partial charge in [0, 0.05) is 50.9 Å². The van der Waals surface area contributed by atoms with E-state index in [1.807, 2.05) is 4.31 Å². The SMILES string of the molecule is CN1CCC(Oc2ccc(S(=O)N3CCC(Nc4nc(N)c(C(=O)C5=C(F)C=CCC5F)s4)CC3)cn2)CC1. The second-order valence-electron chi connectivity index (χ2n) is 9.98. The summed E-state index contributed by atoms with van der Waals surface area (Å²) in [5, 5.41) is 3.69. The van der Waals surface area contributed by atoms with Crippen molar-refractivity contribution in [1.29, 1.82) is 0 Å². The van der Waals surface area contributed by atoms with Crippen LogP contribution in [-0.2, 0) is 11.0 Å². The molecule has 0 aromatic carbocycles. The molecule has 2 aromatic rings. The molecule has 4 heterocycles. The molecule has 0 spiro atoms. The minimum Gasteiger partial charge on any atom is -0.474 e. The Balaban J connectivity index is 1.13. The Kier molecular flexibility index (Phi) is 8.70. The third-order valence-corrected chi connectivity index (χ3v) is 9.64. The maximum atomic E-state index is 14.2. The zero-order valence-electron chi connectivity index (χ0n) is 21.6. The Morgan fingerprint density at radius 2 is 1.95 bits per heavy atom. The maximum Gasteiger partial charge on any atom is 0.213 e. The van der Waals surface area contributed by atoms with Gasteiger partial charge in [-0.3, -0.25) is 4.79 Å². The predicted molar refractivity (Wildman–Crippen MR) is 148 cm³/mol. The molecule has 0 saturated carbocycles. The molecule has 5 rings (SSSR count). The van der Waals surface area contributed by atoms with Gasteiger partial charge in [0.05, 0.1) is 10.5 Å². The number of hydrogen-bond donors (Lipinski definition) is 2. The lowest BCUT2D eigenvalue weighted by Gasteiger charge is -2.31. The van der Waals surface area contributed by atoms with Crippen molar-refractivity contribution in [1.82, 2.24) is 19.2 Å². The predicted octanol–water partition coefficient (Wildman–Crippen LogP) is 3.90. The van der Waals surface area contributed by atoms with Crippen LogP contribution < -0.4 is 15.8 Å². The van der Waals surface area contributed by atoms with Crippen LogP contribution in [0.15, 0.2) is 46.8 Å². The van der Waals surface area contributed by atoms with Gasteiger partial charge in [-0.25, -0.2) is 27.3 Å². The molecule has 3 aliphatic rings. The number of pyridine rings is 1. The van der Waals surface area contributed by atoms with Gasteiger partial charge in [0.1, 0.15) is 39.8 Å². The van der Waals surface area contributed by atoms with Crippen LogP contribution in [0.2, 0.25) is 0 Å². The second-order valence-corrected chi connectivity index (χ2v) is 12.5. The normalized spacial score (nSPS) is 22.7. The summed E-state index contributed by atoms with van der Waals surface area (Å²) < 4.78 is 49.3. The number of rotatable bonds is 8. The van der Waals surface area contributed by atoms with E-state index >= 15 is 0 Å². The average molecular weight is 579 g/mol. The summed E-state index contributed by atoms with van der Waals surface area (Å²) in [5.41, 5.74) is 5.42. The van der Waals surface area contributed by atoms with Crippen LogP contribution >= 0.6 is 11.3 Å². The van der Waals surface area contributed by atoms with Gasteiger partial charge >= 0.3 is 0 Å². The van der Waals surface area contributed by atoms with Gasteiger partial charge < -0.3 is 20.7 Å².